The van der Waals surface area contributed by atoms with E-state index in [4.69, 9.17) is 23.2 Å². The van der Waals surface area contributed by atoms with Crippen LogP contribution in [0.5, 0.6) is 0 Å². The third-order valence-electron chi connectivity index (χ3n) is 2.26. The third-order valence-corrected chi connectivity index (χ3v) is 3.67. The lowest BCUT2D eigenvalue weighted by atomic mass is 10.1. The van der Waals surface area contributed by atoms with Gasteiger partial charge in [-0.25, -0.2) is 4.98 Å². The minimum atomic E-state index is -0.0802. The third kappa shape index (κ3) is 2.97. The predicted molar refractivity (Wildman–Crippen MR) is 70.6 cm³/mol. The first kappa shape index (κ1) is 11.9. The van der Waals surface area contributed by atoms with Crippen LogP contribution in [0, 0.1) is 6.92 Å². The summed E-state index contributed by atoms with van der Waals surface area (Å²) in [7, 11) is 0. The molecule has 0 amide bonds. The maximum absolute atomic E-state index is 6.31. The Bertz CT molecular complexity index is 481. The molecule has 0 aliphatic heterocycles. The second-order valence-corrected chi connectivity index (χ2v) is 5.62. The molecule has 1 atom stereocenters. The average molecular weight is 272 g/mol. The molecule has 4 heteroatoms. The van der Waals surface area contributed by atoms with Gasteiger partial charge < -0.3 is 0 Å². The van der Waals surface area contributed by atoms with E-state index in [1.807, 2.05) is 36.6 Å². The molecule has 0 saturated heterocycles. The first-order valence-corrected chi connectivity index (χ1v) is 6.65. The summed E-state index contributed by atoms with van der Waals surface area (Å²) in [5.41, 5.74) is 2.09. The van der Waals surface area contributed by atoms with Gasteiger partial charge in [0.05, 0.1) is 16.1 Å². The molecule has 2 rings (SSSR count). The lowest BCUT2D eigenvalue weighted by molar-refractivity contribution is 0.883. The Hall–Kier alpha value is -0.570. The largest absolute Gasteiger partial charge is 0.245 e. The highest BCUT2D eigenvalue weighted by Gasteiger charge is 2.12. The molecule has 1 aromatic carbocycles. The van der Waals surface area contributed by atoms with E-state index < -0.39 is 0 Å². The lowest BCUT2D eigenvalue weighted by Gasteiger charge is -2.06. The summed E-state index contributed by atoms with van der Waals surface area (Å²) >= 11 is 13.9. The van der Waals surface area contributed by atoms with Crippen LogP contribution < -0.4 is 0 Å². The smallest absolute Gasteiger partial charge is 0.0897 e. The van der Waals surface area contributed by atoms with E-state index >= 15 is 0 Å². The molecule has 0 spiro atoms. The Labute approximate surface area is 109 Å². The van der Waals surface area contributed by atoms with Crippen molar-refractivity contribution in [3.05, 3.63) is 50.9 Å². The monoisotopic (exact) mass is 271 g/mol. The molecule has 1 aromatic heterocycles. The van der Waals surface area contributed by atoms with Crippen LogP contribution >= 0.6 is 34.5 Å². The molecule has 16 heavy (non-hydrogen) atoms. The first-order chi connectivity index (χ1) is 7.65. The molecule has 0 aliphatic rings. The quantitative estimate of drug-likeness (QED) is 0.742. The summed E-state index contributed by atoms with van der Waals surface area (Å²) in [5, 5.41) is 3.73. The summed E-state index contributed by atoms with van der Waals surface area (Å²) in [4.78, 5) is 4.38. The standard InChI is InChI=1S/C12H11Cl2NS/c1-8-15-12(7-16-8)11(14)6-9-3-2-4-10(13)5-9/h2-5,7,11H,6H2,1H3. The van der Waals surface area contributed by atoms with Crippen molar-refractivity contribution in [3.8, 4) is 0 Å². The van der Waals surface area contributed by atoms with Gasteiger partial charge in [-0.3, -0.25) is 0 Å². The van der Waals surface area contributed by atoms with Gasteiger partial charge in [0.15, 0.2) is 0 Å². The van der Waals surface area contributed by atoms with Crippen LogP contribution in [-0.4, -0.2) is 4.98 Å². The van der Waals surface area contributed by atoms with E-state index in [1.165, 1.54) is 0 Å². The lowest BCUT2D eigenvalue weighted by Crippen LogP contribution is -1.96. The van der Waals surface area contributed by atoms with Crippen molar-refractivity contribution in [2.24, 2.45) is 0 Å². The van der Waals surface area contributed by atoms with Crippen molar-refractivity contribution in [2.45, 2.75) is 18.7 Å². The second kappa shape index (κ2) is 5.17. The topological polar surface area (TPSA) is 12.9 Å². The van der Waals surface area contributed by atoms with E-state index in [0.29, 0.717) is 0 Å². The fourth-order valence-electron chi connectivity index (χ4n) is 1.50. The van der Waals surface area contributed by atoms with E-state index in [0.717, 1.165) is 27.7 Å². The van der Waals surface area contributed by atoms with Gasteiger partial charge in [0.1, 0.15) is 0 Å². The summed E-state index contributed by atoms with van der Waals surface area (Å²) < 4.78 is 0. The number of thiazole rings is 1. The number of aryl methyl sites for hydroxylation is 1. The Kier molecular flexibility index (Phi) is 3.85. The zero-order valence-corrected chi connectivity index (χ0v) is 11.1. The molecule has 0 fully saturated rings. The maximum atomic E-state index is 6.31. The van der Waals surface area contributed by atoms with Crippen molar-refractivity contribution >= 4 is 34.5 Å². The molecule has 1 nitrogen and oxygen atoms in total. The summed E-state index contributed by atoms with van der Waals surface area (Å²) in [6, 6.07) is 7.77. The molecule has 2 aromatic rings. The van der Waals surface area contributed by atoms with Gasteiger partial charge >= 0.3 is 0 Å². The number of hydrogen-bond donors (Lipinski definition) is 0. The summed E-state index contributed by atoms with van der Waals surface area (Å²) in [6.07, 6.45) is 0.755. The molecule has 84 valence electrons. The maximum Gasteiger partial charge on any atom is 0.0897 e. The van der Waals surface area contributed by atoms with Crippen LogP contribution in [0.15, 0.2) is 29.6 Å². The van der Waals surface area contributed by atoms with Crippen molar-refractivity contribution in [1.29, 1.82) is 0 Å². The number of aromatic nitrogens is 1. The number of rotatable bonds is 3. The second-order valence-electron chi connectivity index (χ2n) is 3.59. The average Bonchev–Trinajstić information content (AvgIpc) is 2.65. The highest BCUT2D eigenvalue weighted by atomic mass is 35.5. The molecule has 0 radical (unpaired) electrons. The van der Waals surface area contributed by atoms with Gasteiger partial charge in [0.25, 0.3) is 0 Å². The van der Waals surface area contributed by atoms with Gasteiger partial charge in [0.2, 0.25) is 0 Å². The zero-order chi connectivity index (χ0) is 11.5. The van der Waals surface area contributed by atoms with E-state index in [2.05, 4.69) is 4.98 Å². The van der Waals surface area contributed by atoms with E-state index in [-0.39, 0.29) is 5.38 Å². The molecule has 1 unspecified atom stereocenters. The number of hydrogen-bond acceptors (Lipinski definition) is 2. The highest BCUT2D eigenvalue weighted by Crippen LogP contribution is 2.26. The molecule has 0 N–H and O–H groups in total. The van der Waals surface area contributed by atoms with Gasteiger partial charge in [0, 0.05) is 10.4 Å². The number of benzene rings is 1. The van der Waals surface area contributed by atoms with Crippen LogP contribution in [0.1, 0.15) is 21.6 Å². The van der Waals surface area contributed by atoms with Gasteiger partial charge in [-0.05, 0) is 31.0 Å². The minimum absolute atomic E-state index is 0.0802. The van der Waals surface area contributed by atoms with Crippen LogP contribution in [-0.2, 0) is 6.42 Å². The number of alkyl halides is 1. The molecule has 0 bridgehead atoms. The molecule has 0 saturated carbocycles. The van der Waals surface area contributed by atoms with Crippen molar-refractivity contribution in [1.82, 2.24) is 4.98 Å². The normalized spacial score (nSPS) is 12.7. The van der Waals surface area contributed by atoms with E-state index in [1.54, 1.807) is 11.3 Å². The number of halogens is 2. The summed E-state index contributed by atoms with van der Waals surface area (Å²) in [5.74, 6) is 0. The Balaban J connectivity index is 2.10. The fraction of sp³-hybridized carbons (Fsp3) is 0.250. The van der Waals surface area contributed by atoms with Crippen LogP contribution in [0.3, 0.4) is 0 Å². The molecule has 0 aliphatic carbocycles. The first-order valence-electron chi connectivity index (χ1n) is 4.95. The molecular formula is C12H11Cl2NS. The van der Waals surface area contributed by atoms with Gasteiger partial charge in [-0.15, -0.1) is 22.9 Å². The number of nitrogens with zero attached hydrogens (tertiary/aromatic N) is 1. The van der Waals surface area contributed by atoms with Gasteiger partial charge in [-0.2, -0.15) is 0 Å². The zero-order valence-electron chi connectivity index (χ0n) is 8.78. The van der Waals surface area contributed by atoms with Crippen molar-refractivity contribution in [3.63, 3.8) is 0 Å². The Morgan fingerprint density at radius 1 is 1.44 bits per heavy atom. The SMILES string of the molecule is Cc1nc(C(Cl)Cc2cccc(Cl)c2)cs1. The Morgan fingerprint density at radius 2 is 2.25 bits per heavy atom. The highest BCUT2D eigenvalue weighted by molar-refractivity contribution is 7.09. The minimum Gasteiger partial charge on any atom is -0.245 e. The van der Waals surface area contributed by atoms with Gasteiger partial charge in [-0.1, -0.05) is 23.7 Å². The molecular weight excluding hydrogens is 261 g/mol. The predicted octanol–water partition coefficient (Wildman–Crippen LogP) is 4.63. The van der Waals surface area contributed by atoms with Crippen molar-refractivity contribution < 1.29 is 0 Å². The van der Waals surface area contributed by atoms with Crippen LogP contribution in [0.2, 0.25) is 5.02 Å². The Morgan fingerprint density at radius 3 is 2.88 bits per heavy atom. The molecule has 1 heterocycles. The van der Waals surface area contributed by atoms with E-state index in [9.17, 15) is 0 Å². The van der Waals surface area contributed by atoms with Crippen molar-refractivity contribution in [2.75, 3.05) is 0 Å². The fourth-order valence-corrected chi connectivity index (χ4v) is 2.74. The van der Waals surface area contributed by atoms with Crippen LogP contribution in [0.4, 0.5) is 0 Å². The summed E-state index contributed by atoms with van der Waals surface area (Å²) in [6.45, 7) is 1.98. The van der Waals surface area contributed by atoms with Crippen LogP contribution in [0.25, 0.3) is 0 Å².